The highest BCUT2D eigenvalue weighted by atomic mass is 35.5. The van der Waals surface area contributed by atoms with E-state index in [1.54, 1.807) is 0 Å². The Morgan fingerprint density at radius 1 is 1.70 bits per heavy atom. The lowest BCUT2D eigenvalue weighted by Gasteiger charge is -2.08. The van der Waals surface area contributed by atoms with Crippen LogP contribution in [0, 0.1) is 0 Å². The van der Waals surface area contributed by atoms with E-state index in [0.29, 0.717) is 19.1 Å². The number of hydrogen-bond acceptors (Lipinski definition) is 3. The van der Waals surface area contributed by atoms with Crippen molar-refractivity contribution < 1.29 is 14.2 Å². The Hall–Kier alpha value is 0.170. The SMILES string of the molecule is CCO[C@@H]1OC[C@@H](CCl)O1. The van der Waals surface area contributed by atoms with Crippen molar-refractivity contribution in [1.29, 1.82) is 0 Å². The Kier molecular flexibility index (Phi) is 3.42. The molecule has 2 atom stereocenters. The summed E-state index contributed by atoms with van der Waals surface area (Å²) in [5.74, 6) is 0.462. The molecular weight excluding hydrogens is 156 g/mol. The van der Waals surface area contributed by atoms with Crippen LogP contribution in [-0.4, -0.2) is 31.7 Å². The Morgan fingerprint density at radius 2 is 2.50 bits per heavy atom. The fourth-order valence-corrected chi connectivity index (χ4v) is 0.888. The first-order valence-corrected chi connectivity index (χ1v) is 3.85. The normalized spacial score (nSPS) is 33.0. The number of ether oxygens (including phenoxy) is 3. The second kappa shape index (κ2) is 4.13. The molecule has 0 radical (unpaired) electrons. The average molecular weight is 167 g/mol. The average Bonchev–Trinajstić information content (AvgIpc) is 2.37. The summed E-state index contributed by atoms with van der Waals surface area (Å²) in [6.07, 6.45) is -0.00165. The van der Waals surface area contributed by atoms with Crippen LogP contribution in [0.4, 0.5) is 0 Å². The van der Waals surface area contributed by atoms with E-state index in [4.69, 9.17) is 25.8 Å². The molecule has 1 aliphatic heterocycles. The van der Waals surface area contributed by atoms with Gasteiger partial charge in [-0.05, 0) is 6.92 Å². The standard InChI is InChI=1S/C6H11ClO3/c1-2-8-6-9-4-5(3-7)10-6/h5-6H,2-4H2,1H3/t5-,6-/m1/s1. The molecule has 0 aromatic carbocycles. The van der Waals surface area contributed by atoms with Gasteiger partial charge in [0, 0.05) is 6.61 Å². The molecule has 4 heteroatoms. The first-order valence-electron chi connectivity index (χ1n) is 3.31. The van der Waals surface area contributed by atoms with Crippen molar-refractivity contribution in [2.24, 2.45) is 0 Å². The molecule has 10 heavy (non-hydrogen) atoms. The molecule has 1 saturated heterocycles. The van der Waals surface area contributed by atoms with Gasteiger partial charge >= 0.3 is 0 Å². The van der Waals surface area contributed by atoms with Gasteiger partial charge in [-0.1, -0.05) is 0 Å². The van der Waals surface area contributed by atoms with E-state index in [0.717, 1.165) is 0 Å². The van der Waals surface area contributed by atoms with Crippen molar-refractivity contribution in [3.63, 3.8) is 0 Å². The van der Waals surface area contributed by atoms with Gasteiger partial charge in [-0.2, -0.15) is 0 Å². The zero-order valence-electron chi connectivity index (χ0n) is 5.88. The molecule has 60 valence electrons. The van der Waals surface area contributed by atoms with Crippen molar-refractivity contribution in [3.05, 3.63) is 0 Å². The molecule has 0 amide bonds. The van der Waals surface area contributed by atoms with Crippen LogP contribution < -0.4 is 0 Å². The van der Waals surface area contributed by atoms with E-state index < -0.39 is 6.48 Å². The summed E-state index contributed by atoms with van der Waals surface area (Å²) < 4.78 is 15.3. The number of rotatable bonds is 3. The maximum Gasteiger partial charge on any atom is 0.272 e. The van der Waals surface area contributed by atoms with Crippen molar-refractivity contribution in [1.82, 2.24) is 0 Å². The van der Waals surface area contributed by atoms with Gasteiger partial charge < -0.3 is 14.2 Å². The number of hydrogen-bond donors (Lipinski definition) is 0. The van der Waals surface area contributed by atoms with Crippen LogP contribution in [0.1, 0.15) is 6.92 Å². The molecule has 0 saturated carbocycles. The van der Waals surface area contributed by atoms with Gasteiger partial charge in [0.25, 0.3) is 6.48 Å². The summed E-state index contributed by atoms with van der Waals surface area (Å²) >= 11 is 5.51. The number of halogens is 1. The van der Waals surface area contributed by atoms with Crippen LogP contribution >= 0.6 is 11.6 Å². The molecule has 0 aromatic heterocycles. The summed E-state index contributed by atoms with van der Waals surface area (Å²) in [6, 6.07) is 0. The van der Waals surface area contributed by atoms with Crippen LogP contribution in [0.5, 0.6) is 0 Å². The minimum Gasteiger partial charge on any atom is -0.330 e. The van der Waals surface area contributed by atoms with E-state index in [-0.39, 0.29) is 6.10 Å². The van der Waals surface area contributed by atoms with E-state index in [1.807, 2.05) is 6.92 Å². The minimum atomic E-state index is -0.492. The highest BCUT2D eigenvalue weighted by Crippen LogP contribution is 2.12. The maximum absolute atomic E-state index is 5.51. The molecule has 1 heterocycles. The summed E-state index contributed by atoms with van der Waals surface area (Å²) in [4.78, 5) is 0. The monoisotopic (exact) mass is 166 g/mol. The fourth-order valence-electron chi connectivity index (χ4n) is 0.726. The summed E-state index contributed by atoms with van der Waals surface area (Å²) in [5.41, 5.74) is 0. The third-order valence-electron chi connectivity index (χ3n) is 1.20. The highest BCUT2D eigenvalue weighted by Gasteiger charge is 2.24. The third-order valence-corrected chi connectivity index (χ3v) is 1.54. The molecular formula is C6H11ClO3. The Balaban J connectivity index is 2.15. The largest absolute Gasteiger partial charge is 0.330 e. The van der Waals surface area contributed by atoms with Crippen molar-refractivity contribution in [2.45, 2.75) is 19.5 Å². The molecule has 0 aliphatic carbocycles. The summed E-state index contributed by atoms with van der Waals surface area (Å²) in [6.45, 7) is 2.53. The molecule has 0 N–H and O–H groups in total. The minimum absolute atomic E-state index is 0.00165. The quantitative estimate of drug-likeness (QED) is 0.585. The predicted molar refractivity (Wildman–Crippen MR) is 37.0 cm³/mol. The number of alkyl halides is 1. The van der Waals surface area contributed by atoms with Gasteiger partial charge in [-0.3, -0.25) is 0 Å². The highest BCUT2D eigenvalue weighted by molar-refractivity contribution is 6.18. The lowest BCUT2D eigenvalue weighted by molar-refractivity contribution is -0.233. The second-order valence-electron chi connectivity index (χ2n) is 1.99. The zero-order chi connectivity index (χ0) is 7.40. The maximum atomic E-state index is 5.51. The first kappa shape index (κ1) is 8.27. The van der Waals surface area contributed by atoms with Crippen LogP contribution in [0.2, 0.25) is 0 Å². The zero-order valence-corrected chi connectivity index (χ0v) is 6.63. The van der Waals surface area contributed by atoms with Crippen molar-refractivity contribution in [2.75, 3.05) is 19.1 Å². The van der Waals surface area contributed by atoms with Gasteiger partial charge in [-0.15, -0.1) is 11.6 Å². The molecule has 0 spiro atoms. The van der Waals surface area contributed by atoms with E-state index in [9.17, 15) is 0 Å². The molecule has 1 aliphatic rings. The molecule has 0 unspecified atom stereocenters. The second-order valence-corrected chi connectivity index (χ2v) is 2.30. The lowest BCUT2D eigenvalue weighted by Crippen LogP contribution is -2.16. The van der Waals surface area contributed by atoms with Gasteiger partial charge in [0.2, 0.25) is 0 Å². The molecule has 0 aromatic rings. The molecule has 1 rings (SSSR count). The Labute approximate surface area is 65.2 Å². The van der Waals surface area contributed by atoms with Gasteiger partial charge in [-0.25, -0.2) is 0 Å². The third kappa shape index (κ3) is 2.09. The molecule has 3 nitrogen and oxygen atoms in total. The smallest absolute Gasteiger partial charge is 0.272 e. The fraction of sp³-hybridized carbons (Fsp3) is 1.00. The van der Waals surface area contributed by atoms with Gasteiger partial charge in [0.1, 0.15) is 6.10 Å². The van der Waals surface area contributed by atoms with Crippen molar-refractivity contribution >= 4 is 11.6 Å². The molecule has 0 bridgehead atoms. The van der Waals surface area contributed by atoms with Gasteiger partial charge in [0.05, 0.1) is 12.5 Å². The predicted octanol–water partition coefficient (Wildman–Crippen LogP) is 0.961. The summed E-state index contributed by atoms with van der Waals surface area (Å²) in [5, 5.41) is 0. The van der Waals surface area contributed by atoms with Crippen LogP contribution in [-0.2, 0) is 14.2 Å². The van der Waals surface area contributed by atoms with Crippen LogP contribution in [0.15, 0.2) is 0 Å². The van der Waals surface area contributed by atoms with E-state index >= 15 is 0 Å². The molecule has 1 fully saturated rings. The Bertz CT molecular complexity index is 99.0. The summed E-state index contributed by atoms with van der Waals surface area (Å²) in [7, 11) is 0. The van der Waals surface area contributed by atoms with E-state index in [2.05, 4.69) is 0 Å². The Morgan fingerprint density at radius 3 is 3.00 bits per heavy atom. The topological polar surface area (TPSA) is 27.7 Å². The van der Waals surface area contributed by atoms with Crippen LogP contribution in [0.25, 0.3) is 0 Å². The first-order chi connectivity index (χ1) is 4.86. The van der Waals surface area contributed by atoms with E-state index in [1.165, 1.54) is 0 Å². The van der Waals surface area contributed by atoms with Crippen LogP contribution in [0.3, 0.4) is 0 Å². The lowest BCUT2D eigenvalue weighted by atomic mass is 10.4. The van der Waals surface area contributed by atoms with Crippen molar-refractivity contribution in [3.8, 4) is 0 Å². The van der Waals surface area contributed by atoms with Gasteiger partial charge in [0.15, 0.2) is 0 Å².